The SMILES string of the molecule is CCc1cnc(CNS(=O)(=O)c2cn[nH]c2N)s1. The summed E-state index contributed by atoms with van der Waals surface area (Å²) in [7, 11) is -3.65. The highest BCUT2D eigenvalue weighted by molar-refractivity contribution is 7.89. The lowest BCUT2D eigenvalue weighted by atomic mass is 10.4. The fourth-order valence-electron chi connectivity index (χ4n) is 1.33. The predicted octanol–water partition coefficient (Wildman–Crippen LogP) is 0.489. The maximum Gasteiger partial charge on any atom is 0.246 e. The average Bonchev–Trinajstić information content (AvgIpc) is 2.95. The molecule has 0 spiro atoms. The summed E-state index contributed by atoms with van der Waals surface area (Å²) in [6.45, 7) is 2.17. The van der Waals surface area contributed by atoms with E-state index in [9.17, 15) is 8.42 Å². The zero-order valence-corrected chi connectivity index (χ0v) is 11.3. The Balaban J connectivity index is 2.08. The van der Waals surface area contributed by atoms with Crippen LogP contribution < -0.4 is 10.5 Å². The van der Waals surface area contributed by atoms with Crippen molar-refractivity contribution < 1.29 is 8.42 Å². The van der Waals surface area contributed by atoms with E-state index in [2.05, 4.69) is 19.9 Å². The molecule has 7 nitrogen and oxygen atoms in total. The molecule has 18 heavy (non-hydrogen) atoms. The van der Waals surface area contributed by atoms with Crippen molar-refractivity contribution in [2.75, 3.05) is 5.73 Å². The molecular formula is C9H13N5O2S2. The van der Waals surface area contributed by atoms with Gasteiger partial charge >= 0.3 is 0 Å². The number of sulfonamides is 1. The zero-order chi connectivity index (χ0) is 13.2. The van der Waals surface area contributed by atoms with Gasteiger partial charge in [-0.3, -0.25) is 5.10 Å². The van der Waals surface area contributed by atoms with Gasteiger partial charge in [0.25, 0.3) is 0 Å². The second-order valence-electron chi connectivity index (χ2n) is 3.55. The minimum atomic E-state index is -3.65. The van der Waals surface area contributed by atoms with Gasteiger partial charge < -0.3 is 5.73 Å². The largest absolute Gasteiger partial charge is 0.383 e. The van der Waals surface area contributed by atoms with E-state index >= 15 is 0 Å². The molecule has 98 valence electrons. The lowest BCUT2D eigenvalue weighted by Crippen LogP contribution is -2.23. The van der Waals surface area contributed by atoms with Gasteiger partial charge in [0, 0.05) is 11.1 Å². The van der Waals surface area contributed by atoms with E-state index in [0.717, 1.165) is 16.3 Å². The number of thiazole rings is 1. The predicted molar refractivity (Wildman–Crippen MR) is 68.5 cm³/mol. The van der Waals surface area contributed by atoms with Gasteiger partial charge in [-0.1, -0.05) is 6.92 Å². The fourth-order valence-corrected chi connectivity index (χ4v) is 3.23. The highest BCUT2D eigenvalue weighted by Gasteiger charge is 2.19. The van der Waals surface area contributed by atoms with Crippen LogP contribution in [0.15, 0.2) is 17.3 Å². The number of H-pyrrole nitrogens is 1. The number of rotatable bonds is 5. The maximum atomic E-state index is 11.9. The Labute approximate surface area is 108 Å². The molecule has 0 aliphatic heterocycles. The smallest absolute Gasteiger partial charge is 0.246 e. The molecule has 2 rings (SSSR count). The number of hydrogen-bond acceptors (Lipinski definition) is 6. The zero-order valence-electron chi connectivity index (χ0n) is 9.67. The molecule has 0 unspecified atom stereocenters. The molecule has 0 fully saturated rings. The van der Waals surface area contributed by atoms with Gasteiger partial charge in [-0.05, 0) is 6.42 Å². The minimum absolute atomic E-state index is 0.0240. The van der Waals surface area contributed by atoms with Crippen molar-refractivity contribution in [1.29, 1.82) is 0 Å². The molecule has 2 aromatic heterocycles. The standard InChI is InChI=1S/C9H13N5O2S2/c1-2-6-3-11-8(17-6)5-13-18(15,16)7-4-12-14-9(7)10/h3-4,13H,2,5H2,1H3,(H3,10,12,14). The number of hydrogen-bond donors (Lipinski definition) is 3. The van der Waals surface area contributed by atoms with Crippen molar-refractivity contribution in [1.82, 2.24) is 19.9 Å². The van der Waals surface area contributed by atoms with Crippen molar-refractivity contribution in [3.63, 3.8) is 0 Å². The molecule has 0 aromatic carbocycles. The van der Waals surface area contributed by atoms with E-state index < -0.39 is 10.0 Å². The first-order chi connectivity index (χ1) is 8.53. The van der Waals surface area contributed by atoms with Crippen molar-refractivity contribution in [3.05, 3.63) is 22.3 Å². The average molecular weight is 287 g/mol. The number of anilines is 1. The maximum absolute atomic E-state index is 11.9. The first kappa shape index (κ1) is 13.0. The molecule has 2 heterocycles. The van der Waals surface area contributed by atoms with Crippen LogP contribution in [0.3, 0.4) is 0 Å². The van der Waals surface area contributed by atoms with Gasteiger partial charge in [-0.2, -0.15) is 5.10 Å². The minimum Gasteiger partial charge on any atom is -0.383 e. The summed E-state index contributed by atoms with van der Waals surface area (Å²) in [5, 5.41) is 6.68. The normalized spacial score (nSPS) is 11.8. The molecule has 0 saturated carbocycles. The first-order valence-electron chi connectivity index (χ1n) is 5.25. The molecule has 0 bridgehead atoms. The summed E-state index contributed by atoms with van der Waals surface area (Å²) in [5.41, 5.74) is 5.47. The third-order valence-corrected chi connectivity index (χ3v) is 4.86. The molecule has 9 heteroatoms. The Morgan fingerprint density at radius 3 is 2.83 bits per heavy atom. The van der Waals surface area contributed by atoms with Crippen LogP contribution in [-0.4, -0.2) is 23.6 Å². The molecule has 0 amide bonds. The van der Waals surface area contributed by atoms with Gasteiger partial charge in [-0.15, -0.1) is 11.3 Å². The second kappa shape index (κ2) is 5.04. The first-order valence-corrected chi connectivity index (χ1v) is 7.55. The van der Waals surface area contributed by atoms with Crippen molar-refractivity contribution in [2.24, 2.45) is 0 Å². The van der Waals surface area contributed by atoms with E-state index in [1.165, 1.54) is 17.5 Å². The number of aromatic nitrogens is 3. The number of nitrogens with one attached hydrogen (secondary N) is 2. The fraction of sp³-hybridized carbons (Fsp3) is 0.333. The summed E-state index contributed by atoms with van der Waals surface area (Å²) in [4.78, 5) is 5.20. The lowest BCUT2D eigenvalue weighted by molar-refractivity contribution is 0.581. The summed E-state index contributed by atoms with van der Waals surface area (Å²) in [6.07, 6.45) is 3.82. The van der Waals surface area contributed by atoms with E-state index in [4.69, 9.17) is 5.73 Å². The van der Waals surface area contributed by atoms with Gasteiger partial charge in [0.2, 0.25) is 10.0 Å². The van der Waals surface area contributed by atoms with Crippen LogP contribution in [0.2, 0.25) is 0 Å². The monoisotopic (exact) mass is 287 g/mol. The lowest BCUT2D eigenvalue weighted by Gasteiger charge is -2.03. The summed E-state index contributed by atoms with van der Waals surface area (Å²) in [5.74, 6) is 0.0240. The Morgan fingerprint density at radius 1 is 1.50 bits per heavy atom. The van der Waals surface area contributed by atoms with Crippen LogP contribution in [0.1, 0.15) is 16.8 Å². The quantitative estimate of drug-likeness (QED) is 0.740. The van der Waals surface area contributed by atoms with Crippen LogP contribution in [0.5, 0.6) is 0 Å². The van der Waals surface area contributed by atoms with Crippen LogP contribution in [-0.2, 0) is 23.0 Å². The molecule has 4 N–H and O–H groups in total. The molecule has 2 aromatic rings. The van der Waals surface area contributed by atoms with Gasteiger partial charge in [-0.25, -0.2) is 18.1 Å². The third-order valence-electron chi connectivity index (χ3n) is 2.29. The summed E-state index contributed by atoms with van der Waals surface area (Å²) >= 11 is 1.48. The number of aryl methyl sites for hydroxylation is 1. The van der Waals surface area contributed by atoms with Gasteiger partial charge in [0.05, 0.1) is 12.7 Å². The van der Waals surface area contributed by atoms with E-state index in [1.54, 1.807) is 6.20 Å². The Kier molecular flexibility index (Phi) is 3.64. The third kappa shape index (κ3) is 2.68. The Hall–Kier alpha value is -1.45. The highest BCUT2D eigenvalue weighted by Crippen LogP contribution is 2.16. The molecule has 0 saturated heterocycles. The summed E-state index contributed by atoms with van der Waals surface area (Å²) in [6, 6.07) is 0. The van der Waals surface area contributed by atoms with Crippen molar-refractivity contribution >= 4 is 27.2 Å². The van der Waals surface area contributed by atoms with Crippen LogP contribution in [0.4, 0.5) is 5.82 Å². The van der Waals surface area contributed by atoms with Gasteiger partial charge in [0.1, 0.15) is 15.7 Å². The number of nitrogens with two attached hydrogens (primary N) is 1. The molecular weight excluding hydrogens is 274 g/mol. The highest BCUT2D eigenvalue weighted by atomic mass is 32.2. The number of nitrogen functional groups attached to an aromatic ring is 1. The van der Waals surface area contributed by atoms with Crippen LogP contribution >= 0.6 is 11.3 Å². The summed E-state index contributed by atoms with van der Waals surface area (Å²) < 4.78 is 26.2. The van der Waals surface area contributed by atoms with Crippen molar-refractivity contribution in [2.45, 2.75) is 24.8 Å². The van der Waals surface area contributed by atoms with Crippen LogP contribution in [0.25, 0.3) is 0 Å². The molecule has 0 atom stereocenters. The Bertz CT molecular complexity index is 631. The van der Waals surface area contributed by atoms with Crippen LogP contribution in [0, 0.1) is 0 Å². The van der Waals surface area contributed by atoms with E-state index in [0.29, 0.717) is 0 Å². The number of aromatic amines is 1. The van der Waals surface area contributed by atoms with Gasteiger partial charge in [0.15, 0.2) is 0 Å². The van der Waals surface area contributed by atoms with E-state index in [-0.39, 0.29) is 17.3 Å². The topological polar surface area (TPSA) is 114 Å². The second-order valence-corrected chi connectivity index (χ2v) is 6.48. The van der Waals surface area contributed by atoms with Crippen molar-refractivity contribution in [3.8, 4) is 0 Å². The number of nitrogens with zero attached hydrogens (tertiary/aromatic N) is 2. The molecule has 0 aliphatic rings. The Morgan fingerprint density at radius 2 is 2.28 bits per heavy atom. The molecule has 0 radical (unpaired) electrons. The van der Waals surface area contributed by atoms with E-state index in [1.807, 2.05) is 6.92 Å². The molecule has 0 aliphatic carbocycles.